The normalized spacial score (nSPS) is 14.9. The molecule has 0 aliphatic heterocycles. The highest BCUT2D eigenvalue weighted by Gasteiger charge is 2.29. The van der Waals surface area contributed by atoms with E-state index < -0.39 is 47.9 Å². The van der Waals surface area contributed by atoms with Crippen molar-refractivity contribution < 1.29 is 29.4 Å². The van der Waals surface area contributed by atoms with Crippen LogP contribution in [0.4, 0.5) is 0 Å². The maximum atomic E-state index is 12.3. The lowest BCUT2D eigenvalue weighted by molar-refractivity contribution is -0.142. The molecule has 1 aromatic carbocycles. The summed E-state index contributed by atoms with van der Waals surface area (Å²) in [5.74, 6) is -3.37. The Kier molecular flexibility index (Phi) is 9.06. The first-order valence-electron chi connectivity index (χ1n) is 8.70. The molecule has 0 saturated heterocycles. The van der Waals surface area contributed by atoms with Gasteiger partial charge < -0.3 is 31.9 Å². The minimum atomic E-state index is -1.30. The zero-order valence-corrected chi connectivity index (χ0v) is 15.7. The number of hydrogen-bond donors (Lipinski definition) is 6. The number of carboxylic acid groups (broad SMARTS) is 1. The first kappa shape index (κ1) is 23.1. The van der Waals surface area contributed by atoms with Crippen molar-refractivity contribution in [3.8, 4) is 0 Å². The number of amides is 3. The summed E-state index contributed by atoms with van der Waals surface area (Å²) in [5.41, 5.74) is 5.90. The van der Waals surface area contributed by atoms with Crippen molar-refractivity contribution >= 4 is 23.7 Å². The topological polar surface area (TPSA) is 171 Å². The van der Waals surface area contributed by atoms with E-state index in [1.807, 2.05) is 0 Å². The summed E-state index contributed by atoms with van der Waals surface area (Å²) in [6, 6.07) is 5.19. The first-order chi connectivity index (χ1) is 13.1. The van der Waals surface area contributed by atoms with E-state index in [4.69, 9.17) is 5.73 Å². The Bertz CT molecular complexity index is 695. The second-order valence-corrected chi connectivity index (χ2v) is 6.31. The maximum absolute atomic E-state index is 12.3. The van der Waals surface area contributed by atoms with Crippen LogP contribution in [-0.4, -0.2) is 64.7 Å². The van der Waals surface area contributed by atoms with Gasteiger partial charge in [0.25, 0.3) is 0 Å². The lowest BCUT2D eigenvalue weighted by Gasteiger charge is -2.23. The van der Waals surface area contributed by atoms with E-state index in [0.29, 0.717) is 0 Å². The zero-order valence-electron chi connectivity index (χ0n) is 15.7. The van der Waals surface area contributed by atoms with Crippen LogP contribution < -0.4 is 21.7 Å². The Morgan fingerprint density at radius 2 is 1.61 bits per heavy atom. The molecule has 4 atom stereocenters. The third-order valence-electron chi connectivity index (χ3n) is 3.92. The fourth-order valence-electron chi connectivity index (χ4n) is 2.35. The Morgan fingerprint density at radius 1 is 1.00 bits per heavy atom. The fraction of sp³-hybridized carbons (Fsp3) is 0.444. The summed E-state index contributed by atoms with van der Waals surface area (Å²) in [6.07, 6.45) is -1.15. The van der Waals surface area contributed by atoms with Gasteiger partial charge in [-0.05, 0) is 19.4 Å². The van der Waals surface area contributed by atoms with Gasteiger partial charge in [-0.3, -0.25) is 14.4 Å². The number of rotatable bonds is 10. The van der Waals surface area contributed by atoms with E-state index in [0.717, 1.165) is 5.56 Å². The van der Waals surface area contributed by atoms with Gasteiger partial charge in [-0.15, -0.1) is 0 Å². The van der Waals surface area contributed by atoms with E-state index in [-0.39, 0.29) is 13.0 Å². The molecule has 3 amide bonds. The molecule has 0 saturated carbocycles. The molecule has 0 radical (unpaired) electrons. The van der Waals surface area contributed by atoms with E-state index in [9.17, 15) is 29.4 Å². The smallest absolute Gasteiger partial charge is 0.326 e. The van der Waals surface area contributed by atoms with Crippen molar-refractivity contribution in [3.05, 3.63) is 35.9 Å². The lowest BCUT2D eigenvalue weighted by atomic mass is 10.1. The quantitative estimate of drug-likeness (QED) is 0.270. The summed E-state index contributed by atoms with van der Waals surface area (Å²) >= 11 is 0. The molecule has 0 spiro atoms. The van der Waals surface area contributed by atoms with Crippen LogP contribution in [0.3, 0.4) is 0 Å². The molecule has 0 heterocycles. The monoisotopic (exact) mass is 394 g/mol. The molecule has 1 aromatic rings. The Hall–Kier alpha value is -2.98. The maximum Gasteiger partial charge on any atom is 0.326 e. The Balaban J connectivity index is 2.71. The predicted octanol–water partition coefficient (Wildman–Crippen LogP) is -1.87. The zero-order chi connectivity index (χ0) is 21.3. The summed E-state index contributed by atoms with van der Waals surface area (Å²) in [6.45, 7) is 2.29. The molecule has 10 heteroatoms. The molecule has 0 aliphatic carbocycles. The lowest BCUT2D eigenvalue weighted by Crippen LogP contribution is -2.58. The second-order valence-electron chi connectivity index (χ2n) is 6.31. The van der Waals surface area contributed by atoms with Crippen molar-refractivity contribution in [1.82, 2.24) is 16.0 Å². The third kappa shape index (κ3) is 7.33. The molecule has 0 bridgehead atoms. The minimum Gasteiger partial charge on any atom is -0.480 e. The number of aliphatic hydroxyl groups is 1. The molecule has 7 N–H and O–H groups in total. The number of aliphatic carboxylic acids is 1. The number of nitrogens with two attached hydrogens (primary N) is 1. The first-order valence-corrected chi connectivity index (χ1v) is 8.70. The van der Waals surface area contributed by atoms with Crippen molar-refractivity contribution in [1.29, 1.82) is 0 Å². The Labute approximate surface area is 162 Å². The van der Waals surface area contributed by atoms with Crippen molar-refractivity contribution in [2.24, 2.45) is 5.73 Å². The third-order valence-corrected chi connectivity index (χ3v) is 3.92. The minimum absolute atomic E-state index is 0.0748. The molecule has 154 valence electrons. The van der Waals surface area contributed by atoms with Crippen molar-refractivity contribution in [2.45, 2.75) is 44.5 Å². The van der Waals surface area contributed by atoms with Gasteiger partial charge in [-0.1, -0.05) is 30.3 Å². The molecule has 1 rings (SSSR count). The van der Waals surface area contributed by atoms with Crippen LogP contribution in [-0.2, 0) is 25.6 Å². The summed E-state index contributed by atoms with van der Waals surface area (Å²) in [4.78, 5) is 47.3. The fourth-order valence-corrected chi connectivity index (χ4v) is 2.35. The van der Waals surface area contributed by atoms with Gasteiger partial charge in [0.2, 0.25) is 17.7 Å². The van der Waals surface area contributed by atoms with Crippen LogP contribution in [0.1, 0.15) is 19.4 Å². The number of aliphatic hydroxyl groups excluding tert-OH is 1. The van der Waals surface area contributed by atoms with Gasteiger partial charge in [-0.25, -0.2) is 4.79 Å². The van der Waals surface area contributed by atoms with Gasteiger partial charge in [0, 0.05) is 6.42 Å². The number of benzene rings is 1. The largest absolute Gasteiger partial charge is 0.480 e. The van der Waals surface area contributed by atoms with Crippen LogP contribution >= 0.6 is 0 Å². The van der Waals surface area contributed by atoms with E-state index in [2.05, 4.69) is 16.0 Å². The summed E-state index contributed by atoms with van der Waals surface area (Å²) in [5, 5.41) is 26.0. The highest BCUT2D eigenvalue weighted by Crippen LogP contribution is 2.04. The van der Waals surface area contributed by atoms with Crippen LogP contribution in [0, 0.1) is 0 Å². The summed E-state index contributed by atoms with van der Waals surface area (Å²) < 4.78 is 0. The second kappa shape index (κ2) is 11.0. The SMILES string of the molecule is CC(NC(=O)C(NC(=O)CN)C(C)O)C(=O)NC(Cc1ccccc1)C(=O)O. The highest BCUT2D eigenvalue weighted by atomic mass is 16.4. The molecule has 4 unspecified atom stereocenters. The van der Waals surface area contributed by atoms with E-state index >= 15 is 0 Å². The highest BCUT2D eigenvalue weighted by molar-refractivity contribution is 5.93. The van der Waals surface area contributed by atoms with Crippen LogP contribution in [0.15, 0.2) is 30.3 Å². The number of carbonyl (C=O) groups excluding carboxylic acids is 3. The van der Waals surface area contributed by atoms with Crippen LogP contribution in [0.2, 0.25) is 0 Å². The molecule has 28 heavy (non-hydrogen) atoms. The van der Waals surface area contributed by atoms with E-state index in [1.54, 1.807) is 30.3 Å². The predicted molar refractivity (Wildman–Crippen MR) is 100.0 cm³/mol. The molecular formula is C18H26N4O6. The van der Waals surface area contributed by atoms with Gasteiger partial charge in [0.05, 0.1) is 12.6 Å². The molecule has 10 nitrogen and oxygen atoms in total. The van der Waals surface area contributed by atoms with Gasteiger partial charge in [0.1, 0.15) is 18.1 Å². The van der Waals surface area contributed by atoms with Crippen molar-refractivity contribution in [2.75, 3.05) is 6.54 Å². The van der Waals surface area contributed by atoms with Gasteiger partial charge in [0.15, 0.2) is 0 Å². The average molecular weight is 394 g/mol. The number of nitrogens with one attached hydrogen (secondary N) is 3. The van der Waals surface area contributed by atoms with Crippen LogP contribution in [0.25, 0.3) is 0 Å². The number of hydrogen-bond acceptors (Lipinski definition) is 6. The average Bonchev–Trinajstić information content (AvgIpc) is 2.65. The standard InChI is InChI=1S/C18H26N4O6/c1-10(20-17(26)15(11(2)23)22-14(24)9-19)16(25)21-13(18(27)28)8-12-6-4-3-5-7-12/h3-7,10-11,13,15,23H,8-9,19H2,1-2H3,(H,20,26)(H,21,25)(H,22,24)(H,27,28). The molecular weight excluding hydrogens is 368 g/mol. The number of carboxylic acids is 1. The molecule has 0 aromatic heterocycles. The Morgan fingerprint density at radius 3 is 2.11 bits per heavy atom. The summed E-state index contributed by atoms with van der Waals surface area (Å²) in [7, 11) is 0. The number of carbonyl (C=O) groups is 4. The van der Waals surface area contributed by atoms with Crippen molar-refractivity contribution in [3.63, 3.8) is 0 Å². The van der Waals surface area contributed by atoms with Crippen LogP contribution in [0.5, 0.6) is 0 Å². The van der Waals surface area contributed by atoms with E-state index in [1.165, 1.54) is 13.8 Å². The van der Waals surface area contributed by atoms with Gasteiger partial charge in [-0.2, -0.15) is 0 Å². The molecule has 0 fully saturated rings. The van der Waals surface area contributed by atoms with Gasteiger partial charge >= 0.3 is 5.97 Å². The molecule has 0 aliphatic rings.